The number of rotatable bonds is 14. The lowest BCUT2D eigenvalue weighted by molar-refractivity contribution is -0.294. The molecule has 0 unspecified atom stereocenters. The number of halogens is 1. The number of alkyl halides is 1. The zero-order valence-corrected chi connectivity index (χ0v) is 20.8. The number of unbranched alkanes of at least 4 members (excludes halogenated alkanes) is 4. The normalized spacial score (nSPS) is 24.2. The fraction of sp³-hybridized carbons (Fsp3) is 0.750. The van der Waals surface area contributed by atoms with Crippen LogP contribution in [0, 0.1) is 0 Å². The molecule has 0 spiro atoms. The van der Waals surface area contributed by atoms with Gasteiger partial charge in [-0.25, -0.2) is 9.18 Å². The average molecular weight is 501 g/mol. The number of aromatic nitrogens is 2. The molecule has 4 atom stereocenters. The van der Waals surface area contributed by atoms with Crippen molar-refractivity contribution in [3.05, 3.63) is 33.1 Å². The Balaban J connectivity index is 2.27. The summed E-state index contributed by atoms with van der Waals surface area (Å²) in [5.41, 5.74) is -3.72. The van der Waals surface area contributed by atoms with Crippen LogP contribution < -0.4 is 11.2 Å². The molecular weight excluding hydrogens is 463 g/mol. The molecule has 0 aliphatic carbocycles. The number of aromatic amines is 1. The van der Waals surface area contributed by atoms with Crippen LogP contribution in [0.1, 0.15) is 71.6 Å². The van der Waals surface area contributed by atoms with E-state index < -0.39 is 47.4 Å². The zero-order valence-electron chi connectivity index (χ0n) is 20.8. The van der Waals surface area contributed by atoms with Crippen LogP contribution in [0.2, 0.25) is 0 Å². The molecule has 1 fully saturated rings. The number of carbonyl (C=O) groups excluding carboxylic acids is 2. The summed E-state index contributed by atoms with van der Waals surface area (Å²) in [5, 5.41) is 0. The van der Waals surface area contributed by atoms with Gasteiger partial charge in [-0.3, -0.25) is 19.4 Å². The zero-order chi connectivity index (χ0) is 25.8. The molecule has 1 aliphatic heterocycles. The van der Waals surface area contributed by atoms with Gasteiger partial charge in [0.2, 0.25) is 5.67 Å². The van der Waals surface area contributed by atoms with Gasteiger partial charge in [0.15, 0.2) is 18.5 Å². The van der Waals surface area contributed by atoms with Crippen molar-refractivity contribution in [3.63, 3.8) is 0 Å². The van der Waals surface area contributed by atoms with E-state index in [1.54, 1.807) is 0 Å². The standard InChI is InChI=1S/C24H37FN2O8/c1-4-6-8-10-19(29)34-17-16-33-22(32-3)24(25,21(17)35-20(30)11-9-7-5-2)13-15-27-14-12-18(28)26-23(27)31/h12,14,17,21-22H,4-11,13,15-16H2,1-3H3,(H,26,28,31)/t17-,21-,22-,24-/m1/s1. The smallest absolute Gasteiger partial charge is 0.328 e. The third-order valence-corrected chi connectivity index (χ3v) is 5.97. The lowest BCUT2D eigenvalue weighted by atomic mass is 9.87. The molecule has 0 radical (unpaired) electrons. The maximum absolute atomic E-state index is 16.6. The molecule has 0 amide bonds. The number of carbonyl (C=O) groups is 2. The summed E-state index contributed by atoms with van der Waals surface area (Å²) < 4.78 is 39.6. The van der Waals surface area contributed by atoms with Gasteiger partial charge in [-0.2, -0.15) is 0 Å². The number of esters is 2. The second-order valence-corrected chi connectivity index (χ2v) is 8.73. The Kier molecular flexibility index (Phi) is 11.6. The minimum Gasteiger partial charge on any atom is -0.456 e. The van der Waals surface area contributed by atoms with Gasteiger partial charge >= 0.3 is 17.6 Å². The van der Waals surface area contributed by atoms with Gasteiger partial charge in [-0.1, -0.05) is 39.5 Å². The minimum absolute atomic E-state index is 0.0927. The summed E-state index contributed by atoms with van der Waals surface area (Å²) in [5.74, 6) is -1.15. The second kappa shape index (κ2) is 14.1. The quantitative estimate of drug-likeness (QED) is 0.305. The lowest BCUT2D eigenvalue weighted by Crippen LogP contribution is -2.63. The van der Waals surface area contributed by atoms with Gasteiger partial charge in [-0.05, 0) is 12.8 Å². The van der Waals surface area contributed by atoms with Gasteiger partial charge in [0.1, 0.15) is 0 Å². The largest absolute Gasteiger partial charge is 0.456 e. The maximum Gasteiger partial charge on any atom is 0.328 e. The molecule has 11 heteroatoms. The highest BCUT2D eigenvalue weighted by Gasteiger charge is 2.57. The monoisotopic (exact) mass is 500 g/mol. The highest BCUT2D eigenvalue weighted by molar-refractivity contribution is 5.70. The van der Waals surface area contributed by atoms with Crippen LogP contribution in [0.25, 0.3) is 0 Å². The van der Waals surface area contributed by atoms with E-state index in [1.807, 2.05) is 13.8 Å². The van der Waals surface area contributed by atoms with Gasteiger partial charge < -0.3 is 23.5 Å². The number of ether oxygens (including phenoxy) is 4. The molecule has 1 N–H and O–H groups in total. The highest BCUT2D eigenvalue weighted by atomic mass is 19.1. The predicted octanol–water partition coefficient (Wildman–Crippen LogP) is 2.62. The molecule has 10 nitrogen and oxygen atoms in total. The van der Waals surface area contributed by atoms with Crippen molar-refractivity contribution in [2.75, 3.05) is 13.7 Å². The van der Waals surface area contributed by atoms with Crippen molar-refractivity contribution in [1.82, 2.24) is 9.55 Å². The van der Waals surface area contributed by atoms with Crippen LogP contribution in [0.15, 0.2) is 21.9 Å². The van der Waals surface area contributed by atoms with E-state index in [4.69, 9.17) is 18.9 Å². The van der Waals surface area contributed by atoms with E-state index >= 15 is 4.39 Å². The first kappa shape index (κ1) is 28.7. The third kappa shape index (κ3) is 8.28. The number of nitrogens with one attached hydrogen (secondary N) is 1. The highest BCUT2D eigenvalue weighted by Crippen LogP contribution is 2.38. The maximum atomic E-state index is 16.6. The summed E-state index contributed by atoms with van der Waals surface area (Å²) in [7, 11) is 1.25. The molecule has 1 aromatic rings. The fourth-order valence-electron chi connectivity index (χ4n) is 4.02. The van der Waals surface area contributed by atoms with Crippen molar-refractivity contribution in [1.29, 1.82) is 0 Å². The van der Waals surface area contributed by atoms with E-state index in [0.717, 1.165) is 36.3 Å². The van der Waals surface area contributed by atoms with Gasteiger partial charge in [0, 0.05) is 45.2 Å². The molecule has 1 aliphatic rings. The number of hydrogen-bond donors (Lipinski definition) is 1. The fourth-order valence-corrected chi connectivity index (χ4v) is 4.02. The number of H-pyrrole nitrogens is 1. The lowest BCUT2D eigenvalue weighted by Gasteiger charge is -2.45. The minimum atomic E-state index is -2.43. The van der Waals surface area contributed by atoms with Crippen molar-refractivity contribution in [2.45, 2.75) is 102 Å². The van der Waals surface area contributed by atoms with Crippen molar-refractivity contribution in [2.24, 2.45) is 0 Å². The SMILES string of the molecule is CCCCCC(=O)O[C@@H]1[C@H](OC(=O)CCCCC)CO[C@@H](OC)[C@@]1(F)CCn1ccc(=O)[nH]c1=O. The van der Waals surface area contributed by atoms with Crippen LogP contribution >= 0.6 is 0 Å². The Morgan fingerprint density at radius 2 is 1.74 bits per heavy atom. The first-order valence-corrected chi connectivity index (χ1v) is 12.3. The van der Waals surface area contributed by atoms with E-state index in [0.29, 0.717) is 12.8 Å². The van der Waals surface area contributed by atoms with Gasteiger partial charge in [0.05, 0.1) is 6.61 Å². The van der Waals surface area contributed by atoms with Crippen LogP contribution in [-0.4, -0.2) is 59.4 Å². The Hall–Kier alpha value is -2.53. The molecule has 0 aromatic carbocycles. The van der Waals surface area contributed by atoms with E-state index in [9.17, 15) is 19.2 Å². The second-order valence-electron chi connectivity index (χ2n) is 8.73. The Morgan fingerprint density at radius 3 is 2.31 bits per heavy atom. The van der Waals surface area contributed by atoms with Crippen molar-refractivity contribution < 1.29 is 32.9 Å². The van der Waals surface area contributed by atoms with E-state index in [1.165, 1.54) is 13.3 Å². The van der Waals surface area contributed by atoms with Crippen molar-refractivity contribution in [3.8, 4) is 0 Å². The van der Waals surface area contributed by atoms with Crippen LogP contribution in [0.4, 0.5) is 4.39 Å². The Labute approximate surface area is 204 Å². The number of nitrogens with zero attached hydrogens (tertiary/aromatic N) is 1. The summed E-state index contributed by atoms with van der Waals surface area (Å²) >= 11 is 0. The molecule has 0 bridgehead atoms. The first-order chi connectivity index (χ1) is 16.7. The summed E-state index contributed by atoms with van der Waals surface area (Å²) in [4.78, 5) is 50.5. The molecule has 1 aromatic heterocycles. The number of hydrogen-bond acceptors (Lipinski definition) is 8. The predicted molar refractivity (Wildman–Crippen MR) is 125 cm³/mol. The third-order valence-electron chi connectivity index (χ3n) is 5.97. The number of methoxy groups -OCH3 is 1. The van der Waals surface area contributed by atoms with Gasteiger partial charge in [0.25, 0.3) is 5.56 Å². The summed E-state index contributed by atoms with van der Waals surface area (Å²) in [6, 6.07) is 1.14. The summed E-state index contributed by atoms with van der Waals surface area (Å²) in [6.45, 7) is 3.61. The van der Waals surface area contributed by atoms with Crippen LogP contribution in [-0.2, 0) is 35.1 Å². The van der Waals surface area contributed by atoms with Crippen LogP contribution in [0.5, 0.6) is 0 Å². The van der Waals surface area contributed by atoms with E-state index in [2.05, 4.69) is 4.98 Å². The molecule has 1 saturated heterocycles. The topological polar surface area (TPSA) is 126 Å². The molecule has 35 heavy (non-hydrogen) atoms. The van der Waals surface area contributed by atoms with Crippen molar-refractivity contribution >= 4 is 11.9 Å². The number of aryl methyl sites for hydroxylation is 1. The van der Waals surface area contributed by atoms with Crippen LogP contribution in [0.3, 0.4) is 0 Å². The Bertz CT molecular complexity index is 933. The molecule has 0 saturated carbocycles. The van der Waals surface area contributed by atoms with Gasteiger partial charge in [-0.15, -0.1) is 0 Å². The molecular formula is C24H37FN2O8. The average Bonchev–Trinajstić information content (AvgIpc) is 2.81. The molecule has 2 rings (SSSR count). The summed E-state index contributed by atoms with van der Waals surface area (Å²) in [6.07, 6.45) is 1.71. The molecule has 2 heterocycles. The Morgan fingerprint density at radius 1 is 1.11 bits per heavy atom. The first-order valence-electron chi connectivity index (χ1n) is 12.3. The van der Waals surface area contributed by atoms with E-state index in [-0.39, 0.29) is 32.4 Å². The molecule has 198 valence electrons.